The van der Waals surface area contributed by atoms with Gasteiger partial charge in [-0.3, -0.25) is 0 Å². The average molecular weight is 180 g/mol. The quantitative estimate of drug-likeness (QED) is 0.423. The third-order valence-electron chi connectivity index (χ3n) is 1.73. The van der Waals surface area contributed by atoms with Gasteiger partial charge in [0.15, 0.2) is 5.03 Å². The van der Waals surface area contributed by atoms with Crippen molar-refractivity contribution >= 4 is 0 Å². The second-order valence-electron chi connectivity index (χ2n) is 2.75. The van der Waals surface area contributed by atoms with Crippen LogP contribution in [0.15, 0.2) is 30.3 Å². The Kier molecular flexibility index (Phi) is 3.75. The van der Waals surface area contributed by atoms with Crippen molar-refractivity contribution in [1.82, 2.24) is 5.43 Å². The van der Waals surface area contributed by atoms with Crippen LogP contribution in [0.4, 0.5) is 0 Å². The third kappa shape index (κ3) is 4.10. The molecule has 0 spiro atoms. The Balaban J connectivity index is 2.17. The number of rotatable bonds is 5. The summed E-state index contributed by atoms with van der Waals surface area (Å²) >= 11 is 0. The van der Waals surface area contributed by atoms with E-state index in [9.17, 15) is 10.1 Å². The van der Waals surface area contributed by atoms with Gasteiger partial charge in [0.05, 0.1) is 6.54 Å². The Morgan fingerprint density at radius 1 is 1.31 bits per heavy atom. The first-order chi connectivity index (χ1) is 6.29. The van der Waals surface area contributed by atoms with E-state index in [1.54, 1.807) is 0 Å². The van der Waals surface area contributed by atoms with Crippen LogP contribution >= 0.6 is 0 Å². The van der Waals surface area contributed by atoms with Crippen LogP contribution in [0, 0.1) is 10.1 Å². The van der Waals surface area contributed by atoms with Gasteiger partial charge in [-0.15, -0.1) is 5.43 Å². The fourth-order valence-electron chi connectivity index (χ4n) is 1.11. The van der Waals surface area contributed by atoms with Gasteiger partial charge in [-0.05, 0) is 18.4 Å². The molecule has 1 aromatic carbocycles. The van der Waals surface area contributed by atoms with Crippen LogP contribution in [-0.2, 0) is 6.42 Å². The van der Waals surface area contributed by atoms with E-state index < -0.39 is 5.03 Å². The molecule has 0 aliphatic rings. The van der Waals surface area contributed by atoms with Crippen LogP contribution in [0.25, 0.3) is 0 Å². The number of hydrogen-bond donors (Lipinski definition) is 1. The molecule has 1 rings (SSSR count). The lowest BCUT2D eigenvalue weighted by Gasteiger charge is -1.98. The maximum Gasteiger partial charge on any atom is 0.157 e. The fourth-order valence-corrected chi connectivity index (χ4v) is 1.11. The molecule has 1 aromatic rings. The van der Waals surface area contributed by atoms with E-state index in [0.717, 1.165) is 12.8 Å². The van der Waals surface area contributed by atoms with Crippen LogP contribution in [0.5, 0.6) is 0 Å². The zero-order chi connectivity index (χ0) is 9.52. The smallest absolute Gasteiger partial charge is 0.157 e. The van der Waals surface area contributed by atoms with Crippen molar-refractivity contribution in [3.8, 4) is 0 Å². The maximum atomic E-state index is 9.91. The highest BCUT2D eigenvalue weighted by molar-refractivity contribution is 5.14. The van der Waals surface area contributed by atoms with Crippen LogP contribution in [0.3, 0.4) is 0 Å². The molecule has 0 bridgehead atoms. The van der Waals surface area contributed by atoms with Gasteiger partial charge >= 0.3 is 0 Å². The molecule has 4 nitrogen and oxygen atoms in total. The largest absolute Gasteiger partial charge is 0.235 e. The van der Waals surface area contributed by atoms with Crippen LogP contribution in [0.1, 0.15) is 12.0 Å². The SMILES string of the molecule is O=[N+]([O-])NCCCc1ccccc1. The summed E-state index contributed by atoms with van der Waals surface area (Å²) in [5, 5.41) is 9.40. The summed E-state index contributed by atoms with van der Waals surface area (Å²) in [4.78, 5) is 9.91. The van der Waals surface area contributed by atoms with Crippen LogP contribution in [-0.4, -0.2) is 11.6 Å². The number of benzene rings is 1. The van der Waals surface area contributed by atoms with Crippen molar-refractivity contribution in [2.45, 2.75) is 12.8 Å². The van der Waals surface area contributed by atoms with Gasteiger partial charge in [-0.2, -0.15) is 0 Å². The van der Waals surface area contributed by atoms with Crippen LogP contribution < -0.4 is 5.43 Å². The topological polar surface area (TPSA) is 55.2 Å². The molecule has 0 heterocycles. The zero-order valence-corrected chi connectivity index (χ0v) is 7.27. The third-order valence-corrected chi connectivity index (χ3v) is 1.73. The molecule has 1 N–H and O–H groups in total. The van der Waals surface area contributed by atoms with Gasteiger partial charge in [0.2, 0.25) is 0 Å². The summed E-state index contributed by atoms with van der Waals surface area (Å²) in [6.07, 6.45) is 1.66. The molecular formula is C9H12N2O2. The van der Waals surface area contributed by atoms with Gasteiger partial charge in [0.1, 0.15) is 0 Å². The van der Waals surface area contributed by atoms with Gasteiger partial charge < -0.3 is 0 Å². The minimum atomic E-state index is -0.509. The van der Waals surface area contributed by atoms with Crippen molar-refractivity contribution in [2.75, 3.05) is 6.54 Å². The highest BCUT2D eigenvalue weighted by Gasteiger charge is 1.94. The number of hydrazine groups is 1. The molecule has 0 saturated carbocycles. The summed E-state index contributed by atoms with van der Waals surface area (Å²) in [6.45, 7) is 0.419. The summed E-state index contributed by atoms with van der Waals surface area (Å²) in [5.74, 6) is 0. The lowest BCUT2D eigenvalue weighted by molar-refractivity contribution is -0.544. The summed E-state index contributed by atoms with van der Waals surface area (Å²) in [7, 11) is 0. The Morgan fingerprint density at radius 3 is 2.62 bits per heavy atom. The number of aryl methyl sites for hydroxylation is 1. The molecule has 4 heteroatoms. The molecule has 0 aromatic heterocycles. The summed E-state index contributed by atoms with van der Waals surface area (Å²) in [6, 6.07) is 9.93. The molecule has 70 valence electrons. The van der Waals surface area contributed by atoms with E-state index in [-0.39, 0.29) is 0 Å². The molecule has 0 atom stereocenters. The maximum absolute atomic E-state index is 9.91. The minimum absolute atomic E-state index is 0.419. The molecule has 13 heavy (non-hydrogen) atoms. The molecule has 0 saturated heterocycles. The first kappa shape index (κ1) is 9.51. The predicted molar refractivity (Wildman–Crippen MR) is 49.8 cm³/mol. The summed E-state index contributed by atoms with van der Waals surface area (Å²) in [5.41, 5.74) is 3.35. The lowest BCUT2D eigenvalue weighted by Crippen LogP contribution is -2.22. The van der Waals surface area contributed by atoms with E-state index in [1.807, 2.05) is 30.3 Å². The monoisotopic (exact) mass is 180 g/mol. The van der Waals surface area contributed by atoms with Crippen molar-refractivity contribution in [2.24, 2.45) is 0 Å². The number of nitrogens with one attached hydrogen (secondary N) is 1. The normalized spacial score (nSPS) is 9.54. The second kappa shape index (κ2) is 5.13. The molecule has 0 unspecified atom stereocenters. The molecule has 0 amide bonds. The van der Waals surface area contributed by atoms with Gasteiger partial charge in [-0.25, -0.2) is 10.1 Å². The van der Waals surface area contributed by atoms with E-state index >= 15 is 0 Å². The average Bonchev–Trinajstić information content (AvgIpc) is 2.14. The van der Waals surface area contributed by atoms with Crippen molar-refractivity contribution < 1.29 is 5.03 Å². The minimum Gasteiger partial charge on any atom is -0.235 e. The molecule has 0 fully saturated rings. The van der Waals surface area contributed by atoms with Gasteiger partial charge in [0.25, 0.3) is 0 Å². The first-order valence-electron chi connectivity index (χ1n) is 4.21. The Morgan fingerprint density at radius 2 is 2.00 bits per heavy atom. The first-order valence-corrected chi connectivity index (χ1v) is 4.21. The molecular weight excluding hydrogens is 168 g/mol. The summed E-state index contributed by atoms with van der Waals surface area (Å²) < 4.78 is 0. The second-order valence-corrected chi connectivity index (χ2v) is 2.75. The highest BCUT2D eigenvalue weighted by atomic mass is 16.7. The number of nitro groups is 1. The van der Waals surface area contributed by atoms with Crippen molar-refractivity contribution in [3.05, 3.63) is 46.0 Å². The van der Waals surface area contributed by atoms with Crippen LogP contribution in [0.2, 0.25) is 0 Å². The predicted octanol–water partition coefficient (Wildman–Crippen LogP) is 1.40. The van der Waals surface area contributed by atoms with Gasteiger partial charge in [-0.1, -0.05) is 30.3 Å². The van der Waals surface area contributed by atoms with E-state index in [4.69, 9.17) is 0 Å². The van der Waals surface area contributed by atoms with Crippen molar-refractivity contribution in [3.63, 3.8) is 0 Å². The van der Waals surface area contributed by atoms with E-state index in [1.165, 1.54) is 5.56 Å². The Bertz CT molecular complexity index is 262. The van der Waals surface area contributed by atoms with Crippen molar-refractivity contribution in [1.29, 1.82) is 0 Å². The lowest BCUT2D eigenvalue weighted by atomic mass is 10.1. The standard InChI is InChI=1S/C9H12N2O2/c12-11(13)10-8-4-7-9-5-2-1-3-6-9/h1-3,5-6,10H,4,7-8H2. The van der Waals surface area contributed by atoms with E-state index in [2.05, 4.69) is 5.43 Å². The van der Waals surface area contributed by atoms with E-state index in [0.29, 0.717) is 6.54 Å². The fraction of sp³-hybridized carbons (Fsp3) is 0.333. The number of nitrogens with zero attached hydrogens (tertiary/aromatic N) is 1. The Labute approximate surface area is 76.7 Å². The molecule has 0 radical (unpaired) electrons. The zero-order valence-electron chi connectivity index (χ0n) is 7.27. The molecule has 0 aliphatic carbocycles. The highest BCUT2D eigenvalue weighted by Crippen LogP contribution is 2.00. The number of hydrogen-bond acceptors (Lipinski definition) is 2. The Hall–Kier alpha value is -1.58. The molecule has 0 aliphatic heterocycles. The van der Waals surface area contributed by atoms with Gasteiger partial charge in [0, 0.05) is 0 Å².